The Morgan fingerprint density at radius 1 is 1.19 bits per heavy atom. The lowest BCUT2D eigenvalue weighted by molar-refractivity contribution is 0.196. The maximum Gasteiger partial charge on any atom is 0.329 e. The number of carbonyl (C=O) groups is 1. The molecule has 1 aromatic carbocycles. The summed E-state index contributed by atoms with van der Waals surface area (Å²) in [6, 6.07) is 7.94. The molecular formula is C15H18N4O2. The minimum Gasteiger partial charge on any atom is -0.495 e. The van der Waals surface area contributed by atoms with E-state index in [0.717, 1.165) is 24.5 Å². The molecule has 0 unspecified atom stereocenters. The zero-order valence-corrected chi connectivity index (χ0v) is 12.0. The third-order valence-corrected chi connectivity index (χ3v) is 3.70. The van der Waals surface area contributed by atoms with Crippen LogP contribution in [0.2, 0.25) is 0 Å². The van der Waals surface area contributed by atoms with E-state index in [4.69, 9.17) is 4.74 Å². The second kappa shape index (κ2) is 5.87. The highest BCUT2D eigenvalue weighted by Crippen LogP contribution is 2.28. The molecule has 1 aliphatic heterocycles. The fourth-order valence-corrected chi connectivity index (χ4v) is 2.57. The first-order valence-corrected chi connectivity index (χ1v) is 6.95. The van der Waals surface area contributed by atoms with E-state index >= 15 is 0 Å². The topological polar surface area (TPSA) is 50.6 Å². The zero-order chi connectivity index (χ0) is 14.7. The first kappa shape index (κ1) is 13.5. The molecule has 2 heterocycles. The van der Waals surface area contributed by atoms with Gasteiger partial charge >= 0.3 is 6.03 Å². The van der Waals surface area contributed by atoms with Gasteiger partial charge in [-0.15, -0.1) is 0 Å². The van der Waals surface area contributed by atoms with Gasteiger partial charge in [0.25, 0.3) is 0 Å². The summed E-state index contributed by atoms with van der Waals surface area (Å²) in [5.41, 5.74) is 1.08. The van der Waals surface area contributed by atoms with Gasteiger partial charge in [0, 0.05) is 38.6 Å². The van der Waals surface area contributed by atoms with Crippen LogP contribution in [0.15, 0.2) is 43.0 Å². The SMILES string of the molecule is COc1ccccc1N1CCN(C(=O)n2ccnc2)CC1. The van der Waals surface area contributed by atoms with E-state index in [0.29, 0.717) is 13.1 Å². The molecule has 1 fully saturated rings. The summed E-state index contributed by atoms with van der Waals surface area (Å²) in [6.07, 6.45) is 4.83. The second-order valence-corrected chi connectivity index (χ2v) is 4.90. The second-order valence-electron chi connectivity index (χ2n) is 4.90. The number of nitrogens with zero attached hydrogens (tertiary/aromatic N) is 4. The molecule has 1 aromatic heterocycles. The van der Waals surface area contributed by atoms with Crippen LogP contribution in [-0.4, -0.2) is 53.8 Å². The number of methoxy groups -OCH3 is 1. The van der Waals surface area contributed by atoms with Gasteiger partial charge < -0.3 is 14.5 Å². The number of para-hydroxylation sites is 2. The molecular weight excluding hydrogens is 268 g/mol. The summed E-state index contributed by atoms with van der Waals surface area (Å²) >= 11 is 0. The van der Waals surface area contributed by atoms with Crippen molar-refractivity contribution in [1.82, 2.24) is 14.5 Å². The largest absolute Gasteiger partial charge is 0.495 e. The number of imidazole rings is 1. The van der Waals surface area contributed by atoms with Crippen LogP contribution in [0.1, 0.15) is 0 Å². The highest BCUT2D eigenvalue weighted by atomic mass is 16.5. The van der Waals surface area contributed by atoms with E-state index in [1.165, 1.54) is 10.9 Å². The van der Waals surface area contributed by atoms with Crippen molar-refractivity contribution in [2.75, 3.05) is 38.2 Å². The Bertz CT molecular complexity index is 604. The summed E-state index contributed by atoms with van der Waals surface area (Å²) in [7, 11) is 1.68. The van der Waals surface area contributed by atoms with E-state index in [1.807, 2.05) is 29.2 Å². The number of hydrogen-bond acceptors (Lipinski definition) is 4. The van der Waals surface area contributed by atoms with Crippen molar-refractivity contribution in [3.05, 3.63) is 43.0 Å². The van der Waals surface area contributed by atoms with Gasteiger partial charge in [0.15, 0.2) is 0 Å². The van der Waals surface area contributed by atoms with Crippen molar-refractivity contribution >= 4 is 11.7 Å². The van der Waals surface area contributed by atoms with Gasteiger partial charge in [-0.2, -0.15) is 0 Å². The first-order valence-electron chi connectivity index (χ1n) is 6.95. The highest BCUT2D eigenvalue weighted by molar-refractivity contribution is 5.77. The Balaban J connectivity index is 1.66. The highest BCUT2D eigenvalue weighted by Gasteiger charge is 2.23. The molecule has 0 spiro atoms. The molecule has 0 aliphatic carbocycles. The molecule has 0 bridgehead atoms. The monoisotopic (exact) mass is 286 g/mol. The number of piperazine rings is 1. The zero-order valence-electron chi connectivity index (χ0n) is 12.0. The first-order chi connectivity index (χ1) is 10.3. The molecule has 2 aromatic rings. The maximum atomic E-state index is 12.2. The van der Waals surface area contributed by atoms with Crippen LogP contribution in [0.5, 0.6) is 5.75 Å². The maximum absolute atomic E-state index is 12.2. The van der Waals surface area contributed by atoms with E-state index in [-0.39, 0.29) is 6.03 Å². The molecule has 6 heteroatoms. The fourth-order valence-electron chi connectivity index (χ4n) is 2.57. The molecule has 0 N–H and O–H groups in total. The van der Waals surface area contributed by atoms with E-state index in [1.54, 1.807) is 19.5 Å². The molecule has 0 radical (unpaired) electrons. The van der Waals surface area contributed by atoms with Gasteiger partial charge in [0.05, 0.1) is 12.8 Å². The number of benzene rings is 1. The van der Waals surface area contributed by atoms with E-state index in [2.05, 4.69) is 9.88 Å². The Morgan fingerprint density at radius 3 is 2.62 bits per heavy atom. The number of anilines is 1. The molecule has 0 atom stereocenters. The lowest BCUT2D eigenvalue weighted by atomic mass is 10.2. The third kappa shape index (κ3) is 2.69. The Morgan fingerprint density at radius 2 is 1.95 bits per heavy atom. The predicted molar refractivity (Wildman–Crippen MR) is 79.8 cm³/mol. The standard InChI is InChI=1S/C15H18N4O2/c1-21-14-5-3-2-4-13(14)17-8-10-18(11-9-17)15(20)19-7-6-16-12-19/h2-7,12H,8-11H2,1H3. The minimum absolute atomic E-state index is 0.0211. The predicted octanol–water partition coefficient (Wildman–Crippen LogP) is 1.68. The summed E-state index contributed by atoms with van der Waals surface area (Å²) in [4.78, 5) is 20.2. The summed E-state index contributed by atoms with van der Waals surface area (Å²) in [5, 5.41) is 0. The lowest BCUT2D eigenvalue weighted by Gasteiger charge is -2.36. The molecule has 6 nitrogen and oxygen atoms in total. The average molecular weight is 286 g/mol. The molecule has 0 saturated carbocycles. The van der Waals surface area contributed by atoms with Crippen LogP contribution in [0.25, 0.3) is 0 Å². The van der Waals surface area contributed by atoms with Crippen molar-refractivity contribution in [3.8, 4) is 5.75 Å². The van der Waals surface area contributed by atoms with Crippen LogP contribution >= 0.6 is 0 Å². The fraction of sp³-hybridized carbons (Fsp3) is 0.333. The summed E-state index contributed by atoms with van der Waals surface area (Å²) < 4.78 is 6.91. The van der Waals surface area contributed by atoms with Crippen LogP contribution in [-0.2, 0) is 0 Å². The van der Waals surface area contributed by atoms with Crippen molar-refractivity contribution < 1.29 is 9.53 Å². The normalized spacial score (nSPS) is 15.1. The van der Waals surface area contributed by atoms with Crippen LogP contribution < -0.4 is 9.64 Å². The van der Waals surface area contributed by atoms with Gasteiger partial charge in [-0.05, 0) is 12.1 Å². The quantitative estimate of drug-likeness (QED) is 0.843. The van der Waals surface area contributed by atoms with Crippen LogP contribution in [0, 0.1) is 0 Å². The number of amides is 1. The van der Waals surface area contributed by atoms with Gasteiger partial charge in [0.1, 0.15) is 12.1 Å². The molecule has 1 saturated heterocycles. The number of hydrogen-bond donors (Lipinski definition) is 0. The number of rotatable bonds is 2. The Kier molecular flexibility index (Phi) is 3.77. The summed E-state index contributed by atoms with van der Waals surface area (Å²) in [5.74, 6) is 0.867. The smallest absolute Gasteiger partial charge is 0.329 e. The van der Waals surface area contributed by atoms with Gasteiger partial charge in [0.2, 0.25) is 0 Å². The lowest BCUT2D eigenvalue weighted by Crippen LogP contribution is -2.49. The van der Waals surface area contributed by atoms with Crippen molar-refractivity contribution in [3.63, 3.8) is 0 Å². The van der Waals surface area contributed by atoms with Gasteiger partial charge in [-0.25, -0.2) is 9.78 Å². The van der Waals surface area contributed by atoms with Crippen molar-refractivity contribution in [2.45, 2.75) is 0 Å². The minimum atomic E-state index is -0.0211. The molecule has 21 heavy (non-hydrogen) atoms. The molecule has 1 amide bonds. The van der Waals surface area contributed by atoms with Crippen molar-refractivity contribution in [1.29, 1.82) is 0 Å². The number of ether oxygens (including phenoxy) is 1. The molecule has 110 valence electrons. The van der Waals surface area contributed by atoms with Crippen LogP contribution in [0.4, 0.5) is 10.5 Å². The number of carbonyl (C=O) groups excluding carboxylic acids is 1. The molecule has 3 rings (SSSR count). The van der Waals surface area contributed by atoms with Crippen molar-refractivity contribution in [2.24, 2.45) is 0 Å². The Labute approximate surface area is 123 Å². The third-order valence-electron chi connectivity index (χ3n) is 3.70. The van der Waals surface area contributed by atoms with Crippen LogP contribution in [0.3, 0.4) is 0 Å². The van der Waals surface area contributed by atoms with Gasteiger partial charge in [-0.1, -0.05) is 12.1 Å². The Hall–Kier alpha value is -2.50. The molecule has 1 aliphatic rings. The van der Waals surface area contributed by atoms with Gasteiger partial charge in [-0.3, -0.25) is 4.57 Å². The van der Waals surface area contributed by atoms with E-state index < -0.39 is 0 Å². The van der Waals surface area contributed by atoms with E-state index in [9.17, 15) is 4.79 Å². The average Bonchev–Trinajstić information content (AvgIpc) is 3.09. The number of aromatic nitrogens is 2. The summed E-state index contributed by atoms with van der Waals surface area (Å²) in [6.45, 7) is 2.96.